The Morgan fingerprint density at radius 3 is 2.31 bits per heavy atom. The number of hydrogen-bond acceptors (Lipinski definition) is 14. The Morgan fingerprint density at radius 2 is 1.57 bits per heavy atom. The molecule has 0 aliphatic carbocycles. The number of amides is 3. The van der Waals surface area contributed by atoms with Gasteiger partial charge in [-0.1, -0.05) is 54.9 Å². The first-order valence-electron chi connectivity index (χ1n) is 25.5. The van der Waals surface area contributed by atoms with Gasteiger partial charge in [0.15, 0.2) is 10.9 Å². The van der Waals surface area contributed by atoms with Gasteiger partial charge >= 0.3 is 0 Å². The molecule has 0 unspecified atom stereocenters. The van der Waals surface area contributed by atoms with Crippen LogP contribution in [0.25, 0.3) is 31.9 Å². The van der Waals surface area contributed by atoms with Gasteiger partial charge in [0.2, 0.25) is 11.8 Å². The van der Waals surface area contributed by atoms with E-state index in [1.165, 1.54) is 41.3 Å². The Bertz CT molecular complexity index is 3020. The third kappa shape index (κ3) is 14.2. The number of rotatable bonds is 26. The van der Waals surface area contributed by atoms with Crippen molar-refractivity contribution in [1.82, 2.24) is 29.6 Å². The molecule has 7 N–H and O–H groups in total. The van der Waals surface area contributed by atoms with Gasteiger partial charge in [0.05, 0.1) is 28.1 Å². The van der Waals surface area contributed by atoms with E-state index in [0.29, 0.717) is 47.2 Å². The monoisotopic (exact) mass is 1060 g/mol. The molecule has 8 rings (SSSR count). The predicted molar refractivity (Wildman–Crippen MR) is 302 cm³/mol. The Labute approximate surface area is 445 Å². The van der Waals surface area contributed by atoms with E-state index in [9.17, 15) is 24.0 Å². The van der Waals surface area contributed by atoms with E-state index in [4.69, 9.17) is 4.74 Å². The van der Waals surface area contributed by atoms with Crippen molar-refractivity contribution in [3.8, 4) is 5.75 Å². The zero-order valence-electron chi connectivity index (χ0n) is 42.5. The van der Waals surface area contributed by atoms with Crippen LogP contribution in [0.15, 0.2) is 101 Å². The Kier molecular flexibility index (Phi) is 19.3. The number of thiazole rings is 1. The molecule has 19 heteroatoms. The fraction of sp³-hybridized carbons (Fsp3) is 0.382. The Hall–Kier alpha value is -6.09. The van der Waals surface area contributed by atoms with Crippen molar-refractivity contribution in [2.75, 3.05) is 87.2 Å². The van der Waals surface area contributed by atoms with E-state index in [2.05, 4.69) is 81.1 Å². The number of likely N-dealkylation sites (tertiary alicyclic amines) is 1. The third-order valence-corrected chi connectivity index (χ3v) is 16.0. The lowest BCUT2D eigenvalue weighted by molar-refractivity contribution is -0.121. The molecule has 1 saturated heterocycles. The van der Waals surface area contributed by atoms with Crippen molar-refractivity contribution >= 4 is 107 Å². The summed E-state index contributed by atoms with van der Waals surface area (Å²) in [7, 11) is 3.97. The summed E-state index contributed by atoms with van der Waals surface area (Å²) < 4.78 is 26.7. The number of hydroxylamine groups is 1. The SMILES string of the molecule is CCOc1ccc(SNc2cc3c(C(=O)NO)c(C)n(Sc4ccc(NCCCCCCCC(=O)NCCN5CCC(C(=O)Nc6nc7c(F)cc(NCCN(C)C)cc7s6)CC5)cc4)c3c3ccccc23)cc1. The van der Waals surface area contributed by atoms with Crippen molar-refractivity contribution in [2.24, 2.45) is 5.92 Å². The second kappa shape index (κ2) is 26.4. The predicted octanol–water partition coefficient (Wildman–Crippen LogP) is 11.2. The van der Waals surface area contributed by atoms with Crippen LogP contribution in [0.3, 0.4) is 0 Å². The molecule has 0 saturated carbocycles. The minimum Gasteiger partial charge on any atom is -0.494 e. The highest BCUT2D eigenvalue weighted by molar-refractivity contribution is 8.00. The molecule has 3 heterocycles. The van der Waals surface area contributed by atoms with Crippen molar-refractivity contribution in [1.29, 1.82) is 0 Å². The maximum Gasteiger partial charge on any atom is 0.277 e. The highest BCUT2D eigenvalue weighted by Crippen LogP contribution is 2.42. The number of nitrogens with one attached hydrogen (secondary N) is 6. The van der Waals surface area contributed by atoms with Crippen molar-refractivity contribution in [3.63, 3.8) is 0 Å². The van der Waals surface area contributed by atoms with Gasteiger partial charge in [0, 0.05) is 88.1 Å². The molecular formula is C55H67FN10O5S3. The number of unbranched alkanes of at least 4 members (excludes halogenated alkanes) is 4. The molecule has 2 aromatic heterocycles. The topological polar surface area (TPSA) is 177 Å². The number of anilines is 4. The number of carbonyl (C=O) groups excluding carboxylic acids is 3. The van der Waals surface area contributed by atoms with Crippen LogP contribution in [0.5, 0.6) is 5.75 Å². The zero-order chi connectivity index (χ0) is 52.0. The number of piperidine rings is 1. The summed E-state index contributed by atoms with van der Waals surface area (Å²) in [6, 6.07) is 29.6. The maximum atomic E-state index is 14.8. The largest absolute Gasteiger partial charge is 0.494 e. The van der Waals surface area contributed by atoms with Crippen LogP contribution in [0, 0.1) is 18.7 Å². The number of likely N-dealkylation sites (N-methyl/N-ethyl adjacent to an activating group) is 1. The second-order valence-corrected chi connectivity index (χ2v) is 21.7. The molecule has 0 radical (unpaired) electrons. The van der Waals surface area contributed by atoms with Gasteiger partial charge in [-0.3, -0.25) is 23.6 Å². The van der Waals surface area contributed by atoms with Crippen molar-refractivity contribution in [2.45, 2.75) is 75.0 Å². The summed E-state index contributed by atoms with van der Waals surface area (Å²) >= 11 is 4.29. The van der Waals surface area contributed by atoms with Gasteiger partial charge in [0.25, 0.3) is 5.91 Å². The summed E-state index contributed by atoms with van der Waals surface area (Å²) in [5.41, 5.74) is 6.72. The Balaban J connectivity index is 0.716. The number of ether oxygens (including phenoxy) is 1. The lowest BCUT2D eigenvalue weighted by Gasteiger charge is -2.31. The smallest absolute Gasteiger partial charge is 0.277 e. The average Bonchev–Trinajstić information content (AvgIpc) is 3.94. The summed E-state index contributed by atoms with van der Waals surface area (Å²) in [5.74, 6) is -0.306. The molecule has 15 nitrogen and oxygen atoms in total. The van der Waals surface area contributed by atoms with Crippen LogP contribution in [-0.2, 0) is 9.59 Å². The van der Waals surface area contributed by atoms with Crippen LogP contribution in [-0.4, -0.2) is 108 Å². The van der Waals surface area contributed by atoms with Crippen LogP contribution in [0.1, 0.15) is 74.3 Å². The highest BCUT2D eigenvalue weighted by Gasteiger charge is 2.27. The molecular weight excluding hydrogens is 996 g/mol. The molecule has 7 aromatic rings. The number of aromatic nitrogens is 2. The second-order valence-electron chi connectivity index (χ2n) is 18.7. The minimum absolute atomic E-state index is 0.0773. The molecule has 0 spiro atoms. The van der Waals surface area contributed by atoms with E-state index in [1.54, 1.807) is 0 Å². The standard InChI is InChI=1S/C55H67FN10O5S3/c1-5-71-40-18-22-41(23-19-40)73-63-47-35-45-50(54(69)62-70)36(2)66(52(45)44-14-11-10-13-43(44)47)74-42-20-16-38(17-21-42)57-26-12-8-6-7-9-15-49(67)59-28-32-65-29-24-37(25-30-65)53(68)61-55-60-51-46(56)33-39(34-48(51)72-55)58-27-31-64(3)4/h10-11,13-14,16-23,33-35,37,57-58,63,70H,5-9,12,15,24-32H2,1-4H3,(H,59,67)(H,62,69)(H,60,61,68). The summed E-state index contributed by atoms with van der Waals surface area (Å²) in [5, 5.41) is 25.7. The van der Waals surface area contributed by atoms with E-state index in [1.807, 2.05) is 82.0 Å². The summed E-state index contributed by atoms with van der Waals surface area (Å²) in [6.07, 6.45) is 6.96. The number of carbonyl (C=O) groups is 3. The van der Waals surface area contributed by atoms with Gasteiger partial charge in [-0.05, 0) is 157 Å². The van der Waals surface area contributed by atoms with E-state index >= 15 is 0 Å². The summed E-state index contributed by atoms with van der Waals surface area (Å²) in [4.78, 5) is 49.6. The quantitative estimate of drug-likeness (QED) is 0.0118. The van der Waals surface area contributed by atoms with E-state index < -0.39 is 11.7 Å². The molecule has 0 bridgehead atoms. The number of fused-ring (bicyclic) bond motifs is 4. The van der Waals surface area contributed by atoms with Gasteiger partial charge in [-0.25, -0.2) is 14.9 Å². The number of halogens is 1. The lowest BCUT2D eigenvalue weighted by Crippen LogP contribution is -2.41. The van der Waals surface area contributed by atoms with E-state index in [0.717, 1.165) is 132 Å². The molecule has 5 aromatic carbocycles. The highest BCUT2D eigenvalue weighted by atomic mass is 32.2. The minimum atomic E-state index is -0.568. The maximum absolute atomic E-state index is 14.8. The number of nitrogens with zero attached hydrogens (tertiary/aromatic N) is 4. The van der Waals surface area contributed by atoms with Gasteiger partial charge in [-0.15, -0.1) is 0 Å². The first-order chi connectivity index (χ1) is 36.0. The van der Waals surface area contributed by atoms with E-state index in [-0.39, 0.29) is 23.2 Å². The molecule has 1 aliphatic rings. The van der Waals surface area contributed by atoms with Crippen LogP contribution >= 0.6 is 35.2 Å². The number of benzene rings is 5. The lowest BCUT2D eigenvalue weighted by atomic mass is 9.96. The summed E-state index contributed by atoms with van der Waals surface area (Å²) in [6.45, 7) is 9.70. The molecule has 3 amide bonds. The fourth-order valence-electron chi connectivity index (χ4n) is 9.21. The average molecular weight is 1060 g/mol. The van der Waals surface area contributed by atoms with Crippen molar-refractivity contribution < 1.29 is 28.7 Å². The van der Waals surface area contributed by atoms with Crippen LogP contribution in [0.2, 0.25) is 0 Å². The molecule has 74 heavy (non-hydrogen) atoms. The zero-order valence-corrected chi connectivity index (χ0v) is 45.0. The fourth-order valence-corrected chi connectivity index (χ4v) is 11.8. The van der Waals surface area contributed by atoms with Crippen LogP contribution < -0.4 is 36.2 Å². The van der Waals surface area contributed by atoms with Gasteiger partial charge in [-0.2, -0.15) is 0 Å². The molecule has 1 aliphatic heterocycles. The van der Waals surface area contributed by atoms with Crippen molar-refractivity contribution in [3.05, 3.63) is 108 Å². The van der Waals surface area contributed by atoms with Gasteiger partial charge in [0.1, 0.15) is 11.3 Å². The molecule has 392 valence electrons. The van der Waals surface area contributed by atoms with Gasteiger partial charge < -0.3 is 40.5 Å². The normalized spacial score (nSPS) is 13.2. The third-order valence-electron chi connectivity index (χ3n) is 13.1. The first kappa shape index (κ1) is 54.2. The first-order valence-corrected chi connectivity index (χ1v) is 27.9. The molecule has 1 fully saturated rings. The number of hydrogen-bond donors (Lipinski definition) is 7. The Morgan fingerprint density at radius 1 is 0.851 bits per heavy atom. The van der Waals surface area contributed by atoms with Crippen LogP contribution in [0.4, 0.5) is 26.6 Å². The molecule has 0 atom stereocenters.